The molecular weight excluding hydrogens is 236 g/mol. The zero-order chi connectivity index (χ0) is 12.7. The number of nitrogens with two attached hydrogens (primary N) is 1. The maximum atomic E-state index is 11.8. The quantitative estimate of drug-likeness (QED) is 0.756. The van der Waals surface area contributed by atoms with Crippen LogP contribution >= 0.6 is 0 Å². The van der Waals surface area contributed by atoms with Gasteiger partial charge in [0, 0.05) is 18.3 Å². The molecule has 2 saturated carbocycles. The normalized spacial score (nSPS) is 41.7. The second-order valence-electron chi connectivity index (χ2n) is 5.92. The van der Waals surface area contributed by atoms with Gasteiger partial charge in [0.1, 0.15) is 0 Å². The minimum atomic E-state index is -3.01. The van der Waals surface area contributed by atoms with Gasteiger partial charge in [0.2, 0.25) is 0 Å². The molecule has 4 nitrogen and oxygen atoms in total. The second kappa shape index (κ2) is 4.52. The first-order chi connectivity index (χ1) is 7.89. The summed E-state index contributed by atoms with van der Waals surface area (Å²) in [5.74, 6) is 1.51. The van der Waals surface area contributed by atoms with E-state index in [1.807, 2.05) is 0 Å². The number of rotatable bonds is 5. The van der Waals surface area contributed by atoms with Crippen LogP contribution in [-0.4, -0.2) is 38.6 Å². The minimum Gasteiger partial charge on any atom is -0.329 e. The average Bonchev–Trinajstić information content (AvgIpc) is 2.79. The predicted molar refractivity (Wildman–Crippen MR) is 69.5 cm³/mol. The summed E-state index contributed by atoms with van der Waals surface area (Å²) in [6, 6.07) is 0. The van der Waals surface area contributed by atoms with Gasteiger partial charge in [-0.05, 0) is 37.6 Å². The molecular formula is C12H24N2O2S. The summed E-state index contributed by atoms with van der Waals surface area (Å²) in [5.41, 5.74) is 5.51. The molecule has 4 unspecified atom stereocenters. The zero-order valence-corrected chi connectivity index (χ0v) is 11.6. The van der Waals surface area contributed by atoms with Crippen LogP contribution in [0.3, 0.4) is 0 Å². The van der Waals surface area contributed by atoms with Gasteiger partial charge in [0.05, 0.1) is 5.25 Å². The molecule has 2 aliphatic carbocycles. The molecule has 0 amide bonds. The highest BCUT2D eigenvalue weighted by atomic mass is 32.2. The Morgan fingerprint density at radius 1 is 1.47 bits per heavy atom. The molecule has 0 aromatic rings. The number of sulfone groups is 1. The van der Waals surface area contributed by atoms with Crippen molar-refractivity contribution in [2.45, 2.75) is 43.4 Å². The molecule has 0 radical (unpaired) electrons. The molecule has 0 spiro atoms. The van der Waals surface area contributed by atoms with Gasteiger partial charge >= 0.3 is 0 Å². The fourth-order valence-corrected chi connectivity index (χ4v) is 4.90. The Labute approximate surface area is 104 Å². The summed E-state index contributed by atoms with van der Waals surface area (Å²) < 4.78 is 23.7. The van der Waals surface area contributed by atoms with Gasteiger partial charge in [-0.1, -0.05) is 13.3 Å². The molecule has 2 aliphatic rings. The summed E-state index contributed by atoms with van der Waals surface area (Å²) >= 11 is 0. The van der Waals surface area contributed by atoms with Crippen molar-refractivity contribution in [2.75, 3.05) is 19.3 Å². The van der Waals surface area contributed by atoms with Crippen molar-refractivity contribution >= 4 is 9.84 Å². The molecule has 4 atom stereocenters. The lowest BCUT2D eigenvalue weighted by atomic mass is 9.97. The SMILES string of the molecule is CC1CC1CNC1(CN)CCCC1S(C)(=O)=O. The lowest BCUT2D eigenvalue weighted by Gasteiger charge is -2.34. The molecule has 0 saturated heterocycles. The van der Waals surface area contributed by atoms with Crippen LogP contribution in [0.5, 0.6) is 0 Å². The first-order valence-electron chi connectivity index (χ1n) is 6.53. The third kappa shape index (κ3) is 2.66. The minimum absolute atomic E-state index is 0.297. The molecule has 2 fully saturated rings. The fraction of sp³-hybridized carbons (Fsp3) is 1.00. The van der Waals surface area contributed by atoms with E-state index in [0.717, 1.165) is 37.6 Å². The van der Waals surface area contributed by atoms with E-state index >= 15 is 0 Å². The van der Waals surface area contributed by atoms with E-state index in [2.05, 4.69) is 12.2 Å². The summed E-state index contributed by atoms with van der Waals surface area (Å²) in [6.07, 6.45) is 5.21. The maximum Gasteiger partial charge on any atom is 0.152 e. The Hall–Kier alpha value is -0.130. The summed E-state index contributed by atoms with van der Waals surface area (Å²) in [7, 11) is -3.01. The zero-order valence-electron chi connectivity index (χ0n) is 10.8. The molecule has 0 aromatic carbocycles. The van der Waals surface area contributed by atoms with Crippen LogP contribution < -0.4 is 11.1 Å². The van der Waals surface area contributed by atoms with Gasteiger partial charge in [-0.3, -0.25) is 0 Å². The number of hydrogen-bond donors (Lipinski definition) is 2. The number of hydrogen-bond acceptors (Lipinski definition) is 4. The summed E-state index contributed by atoms with van der Waals surface area (Å²) in [4.78, 5) is 0. The monoisotopic (exact) mass is 260 g/mol. The van der Waals surface area contributed by atoms with Crippen LogP contribution in [-0.2, 0) is 9.84 Å². The van der Waals surface area contributed by atoms with Crippen molar-refractivity contribution in [3.63, 3.8) is 0 Å². The lowest BCUT2D eigenvalue weighted by molar-refractivity contribution is 0.333. The molecule has 0 bridgehead atoms. The van der Waals surface area contributed by atoms with Gasteiger partial charge in [0.25, 0.3) is 0 Å². The standard InChI is InChI=1S/C12H24N2O2S/c1-9-6-10(9)7-14-12(8-13)5-3-4-11(12)17(2,15)16/h9-11,14H,3-8,13H2,1-2H3. The Morgan fingerprint density at radius 2 is 2.12 bits per heavy atom. The van der Waals surface area contributed by atoms with E-state index in [4.69, 9.17) is 5.73 Å². The predicted octanol–water partition coefficient (Wildman–Crippen LogP) is 0.527. The summed E-state index contributed by atoms with van der Waals surface area (Å²) in [5, 5.41) is 3.19. The van der Waals surface area contributed by atoms with Crippen LogP contribution in [0, 0.1) is 11.8 Å². The van der Waals surface area contributed by atoms with Crippen molar-refractivity contribution in [2.24, 2.45) is 17.6 Å². The van der Waals surface area contributed by atoms with Gasteiger partial charge in [-0.15, -0.1) is 0 Å². The molecule has 2 rings (SSSR count). The Morgan fingerprint density at radius 3 is 2.59 bits per heavy atom. The van der Waals surface area contributed by atoms with Crippen molar-refractivity contribution in [3.05, 3.63) is 0 Å². The van der Waals surface area contributed by atoms with E-state index in [1.54, 1.807) is 0 Å². The third-order valence-electron chi connectivity index (χ3n) is 4.58. The Bertz CT molecular complexity index is 382. The average molecular weight is 260 g/mol. The highest BCUT2D eigenvalue weighted by Gasteiger charge is 2.48. The molecule has 0 heterocycles. The van der Waals surface area contributed by atoms with E-state index in [9.17, 15) is 8.42 Å². The first-order valence-corrected chi connectivity index (χ1v) is 8.48. The van der Waals surface area contributed by atoms with Gasteiger partial charge < -0.3 is 11.1 Å². The van der Waals surface area contributed by atoms with Crippen molar-refractivity contribution in [3.8, 4) is 0 Å². The molecule has 17 heavy (non-hydrogen) atoms. The maximum absolute atomic E-state index is 11.8. The highest BCUT2D eigenvalue weighted by Crippen LogP contribution is 2.39. The topological polar surface area (TPSA) is 72.2 Å². The molecule has 5 heteroatoms. The van der Waals surface area contributed by atoms with Crippen molar-refractivity contribution < 1.29 is 8.42 Å². The van der Waals surface area contributed by atoms with Crippen LogP contribution in [0.1, 0.15) is 32.6 Å². The Balaban J connectivity index is 2.06. The van der Waals surface area contributed by atoms with Gasteiger partial charge in [-0.25, -0.2) is 8.42 Å². The van der Waals surface area contributed by atoms with Gasteiger partial charge in [-0.2, -0.15) is 0 Å². The lowest BCUT2D eigenvalue weighted by Crippen LogP contribution is -2.59. The van der Waals surface area contributed by atoms with Crippen LogP contribution in [0.25, 0.3) is 0 Å². The van der Waals surface area contributed by atoms with E-state index < -0.39 is 9.84 Å². The Kier molecular flexibility index (Phi) is 3.54. The third-order valence-corrected chi connectivity index (χ3v) is 6.30. The highest BCUT2D eigenvalue weighted by molar-refractivity contribution is 7.91. The molecule has 100 valence electrons. The van der Waals surface area contributed by atoms with Crippen molar-refractivity contribution in [1.29, 1.82) is 0 Å². The first kappa shape index (κ1) is 13.3. The van der Waals surface area contributed by atoms with Gasteiger partial charge in [0.15, 0.2) is 9.84 Å². The number of nitrogens with one attached hydrogen (secondary N) is 1. The van der Waals surface area contributed by atoms with E-state index in [-0.39, 0.29) is 10.8 Å². The fourth-order valence-electron chi connectivity index (χ4n) is 3.19. The van der Waals surface area contributed by atoms with Crippen LogP contribution in [0.2, 0.25) is 0 Å². The van der Waals surface area contributed by atoms with E-state index in [1.165, 1.54) is 12.7 Å². The molecule has 0 aromatic heterocycles. The van der Waals surface area contributed by atoms with Crippen LogP contribution in [0.15, 0.2) is 0 Å². The molecule has 3 N–H and O–H groups in total. The van der Waals surface area contributed by atoms with Crippen LogP contribution in [0.4, 0.5) is 0 Å². The largest absolute Gasteiger partial charge is 0.329 e. The van der Waals surface area contributed by atoms with Crippen molar-refractivity contribution in [1.82, 2.24) is 5.32 Å². The second-order valence-corrected chi connectivity index (χ2v) is 8.15. The summed E-state index contributed by atoms with van der Waals surface area (Å²) in [6.45, 7) is 3.58. The smallest absolute Gasteiger partial charge is 0.152 e. The molecule has 0 aliphatic heterocycles. The van der Waals surface area contributed by atoms with E-state index in [0.29, 0.717) is 6.54 Å².